The van der Waals surface area contributed by atoms with Crippen LogP contribution in [0.3, 0.4) is 0 Å². The average molecular weight is 370 g/mol. The zero-order valence-corrected chi connectivity index (χ0v) is 16.3. The molecule has 0 aliphatic carbocycles. The molecule has 0 aromatic heterocycles. The maximum absolute atomic E-state index is 12.4. The van der Waals surface area contributed by atoms with E-state index in [4.69, 9.17) is 4.74 Å². The smallest absolute Gasteiger partial charge is 0.279 e. The van der Waals surface area contributed by atoms with Gasteiger partial charge in [0.25, 0.3) is 11.8 Å². The van der Waals surface area contributed by atoms with E-state index in [1.807, 2.05) is 69.4 Å². The molecule has 0 fully saturated rings. The fourth-order valence-corrected chi connectivity index (χ4v) is 2.56. The minimum absolute atomic E-state index is 0.0912. The van der Waals surface area contributed by atoms with Crippen molar-refractivity contribution in [1.82, 2.24) is 5.32 Å². The molecule has 0 heterocycles. The van der Waals surface area contributed by atoms with Crippen molar-refractivity contribution in [3.63, 3.8) is 0 Å². The molecule has 2 amide bonds. The van der Waals surface area contributed by atoms with Crippen LogP contribution >= 0.6 is 0 Å². The van der Waals surface area contributed by atoms with Gasteiger partial charge in [0.2, 0.25) is 0 Å². The lowest BCUT2D eigenvalue weighted by atomic mass is 10.2. The molecule has 0 aliphatic heterocycles. The van der Waals surface area contributed by atoms with Crippen molar-refractivity contribution in [2.24, 2.45) is 0 Å². The van der Waals surface area contributed by atoms with Crippen molar-refractivity contribution >= 4 is 17.5 Å². The number of methoxy groups -OCH3 is 1. The fourth-order valence-electron chi connectivity index (χ4n) is 2.56. The Hall–Kier alpha value is -2.86. The second kappa shape index (κ2) is 9.73. The monoisotopic (exact) mass is 370 g/mol. The number of amides is 2. The summed E-state index contributed by atoms with van der Waals surface area (Å²) in [5.74, 6) is 0.569. The summed E-state index contributed by atoms with van der Waals surface area (Å²) in [6.07, 6.45) is 0. The molecule has 0 radical (unpaired) electrons. The van der Waals surface area contributed by atoms with Gasteiger partial charge in [0.1, 0.15) is 5.75 Å². The van der Waals surface area contributed by atoms with E-state index >= 15 is 0 Å². The lowest BCUT2D eigenvalue weighted by molar-refractivity contribution is -0.885. The Bertz CT molecular complexity index is 757. The van der Waals surface area contributed by atoms with E-state index in [0.29, 0.717) is 6.54 Å². The van der Waals surface area contributed by atoms with E-state index in [-0.39, 0.29) is 24.4 Å². The Morgan fingerprint density at radius 3 is 2.30 bits per heavy atom. The minimum Gasteiger partial charge on any atom is -0.497 e. The maximum Gasteiger partial charge on any atom is 0.279 e. The van der Waals surface area contributed by atoms with Gasteiger partial charge in [0.05, 0.1) is 14.2 Å². The molecule has 0 aliphatic rings. The highest BCUT2D eigenvalue weighted by Gasteiger charge is 2.23. The summed E-state index contributed by atoms with van der Waals surface area (Å²) in [4.78, 5) is 25.4. The Kier molecular flexibility index (Phi) is 7.37. The summed E-state index contributed by atoms with van der Waals surface area (Å²) in [6, 6.07) is 14.8. The molecule has 2 rings (SSSR count). The zero-order valence-electron chi connectivity index (χ0n) is 16.3. The number of carbonyl (C=O) groups is 2. The average Bonchev–Trinajstić information content (AvgIpc) is 2.67. The Balaban J connectivity index is 1.80. The van der Waals surface area contributed by atoms with E-state index in [0.717, 1.165) is 27.5 Å². The third kappa shape index (κ3) is 6.42. The number of anilines is 1. The number of rotatable bonds is 8. The second-order valence-corrected chi connectivity index (χ2v) is 6.72. The molecule has 0 saturated heterocycles. The van der Waals surface area contributed by atoms with Crippen molar-refractivity contribution in [2.75, 3.05) is 26.0 Å². The van der Waals surface area contributed by atoms with Crippen molar-refractivity contribution in [1.29, 1.82) is 0 Å². The molecule has 6 nitrogen and oxygen atoms in total. The second-order valence-electron chi connectivity index (χ2n) is 6.72. The van der Waals surface area contributed by atoms with E-state index in [9.17, 15) is 9.59 Å². The normalized spacial score (nSPS) is 12.7. The molecule has 0 bridgehead atoms. The van der Waals surface area contributed by atoms with Crippen molar-refractivity contribution in [3.05, 3.63) is 59.7 Å². The lowest BCUT2D eigenvalue weighted by Gasteiger charge is -2.20. The first kappa shape index (κ1) is 20.5. The van der Waals surface area contributed by atoms with Crippen LogP contribution in [-0.2, 0) is 16.1 Å². The van der Waals surface area contributed by atoms with Gasteiger partial charge in [-0.15, -0.1) is 0 Å². The molecular formula is C21H28N3O3+. The highest BCUT2D eigenvalue weighted by molar-refractivity contribution is 5.91. The summed E-state index contributed by atoms with van der Waals surface area (Å²) in [6.45, 7) is 4.47. The molecule has 27 heavy (non-hydrogen) atoms. The largest absolute Gasteiger partial charge is 0.497 e. The first-order valence-corrected chi connectivity index (χ1v) is 8.98. The quantitative estimate of drug-likeness (QED) is 0.653. The molecule has 0 saturated carbocycles. The van der Waals surface area contributed by atoms with E-state index in [2.05, 4.69) is 10.6 Å². The molecule has 2 aromatic carbocycles. The molecule has 144 valence electrons. The summed E-state index contributed by atoms with van der Waals surface area (Å²) in [5, 5.41) is 5.77. The summed E-state index contributed by atoms with van der Waals surface area (Å²) >= 11 is 0. The van der Waals surface area contributed by atoms with Crippen molar-refractivity contribution in [2.45, 2.75) is 26.4 Å². The van der Waals surface area contributed by atoms with E-state index in [1.54, 1.807) is 7.11 Å². The molecule has 2 atom stereocenters. The standard InChI is InChI=1S/C21H27N3O3/c1-15-5-9-18(10-6-15)23-20(25)14-24(3)16(2)21(26)22-13-17-7-11-19(27-4)12-8-17/h5-12,16H,13-14H2,1-4H3,(H,22,26)(H,23,25)/p+1/t16-/m0/s1. The van der Waals surface area contributed by atoms with Gasteiger partial charge >= 0.3 is 0 Å². The van der Waals surface area contributed by atoms with Crippen LogP contribution in [0.15, 0.2) is 48.5 Å². The number of hydrogen-bond donors (Lipinski definition) is 3. The van der Waals surface area contributed by atoms with Gasteiger partial charge in [-0.05, 0) is 43.7 Å². The first-order valence-electron chi connectivity index (χ1n) is 8.98. The van der Waals surface area contributed by atoms with E-state index < -0.39 is 0 Å². The maximum atomic E-state index is 12.4. The number of likely N-dealkylation sites (N-methyl/N-ethyl adjacent to an activating group) is 1. The SMILES string of the molecule is COc1ccc(CNC(=O)[C@H](C)[NH+](C)CC(=O)Nc2ccc(C)cc2)cc1. The van der Waals surface area contributed by atoms with Gasteiger partial charge in [-0.3, -0.25) is 9.59 Å². The minimum atomic E-state index is -0.341. The van der Waals surface area contributed by atoms with Crippen LogP contribution in [-0.4, -0.2) is 38.6 Å². The number of carbonyl (C=O) groups excluding carboxylic acids is 2. The number of nitrogens with one attached hydrogen (secondary N) is 3. The number of aryl methyl sites for hydroxylation is 1. The predicted octanol–water partition coefficient (Wildman–Crippen LogP) is 1.16. The van der Waals surface area contributed by atoms with Crippen LogP contribution in [0.1, 0.15) is 18.1 Å². The van der Waals surface area contributed by atoms with Gasteiger partial charge in [-0.25, -0.2) is 0 Å². The van der Waals surface area contributed by atoms with E-state index in [1.165, 1.54) is 0 Å². The van der Waals surface area contributed by atoms with Crippen LogP contribution in [0.4, 0.5) is 5.69 Å². The summed E-state index contributed by atoms with van der Waals surface area (Å²) in [5.41, 5.74) is 2.89. The van der Waals surface area contributed by atoms with Crippen LogP contribution in [0.25, 0.3) is 0 Å². The predicted molar refractivity (Wildman–Crippen MR) is 106 cm³/mol. The summed E-state index contributed by atoms with van der Waals surface area (Å²) in [7, 11) is 3.46. The topological polar surface area (TPSA) is 71.9 Å². The molecular weight excluding hydrogens is 342 g/mol. The van der Waals surface area contributed by atoms with Crippen molar-refractivity contribution in [3.8, 4) is 5.75 Å². The summed E-state index contributed by atoms with van der Waals surface area (Å²) < 4.78 is 5.12. The zero-order chi connectivity index (χ0) is 19.8. The number of ether oxygens (including phenoxy) is 1. The third-order valence-electron chi connectivity index (χ3n) is 4.53. The lowest BCUT2D eigenvalue weighted by Crippen LogP contribution is -3.15. The van der Waals surface area contributed by atoms with Crippen molar-refractivity contribution < 1.29 is 19.2 Å². The highest BCUT2D eigenvalue weighted by atomic mass is 16.5. The van der Waals surface area contributed by atoms with Gasteiger partial charge < -0.3 is 20.3 Å². The molecule has 6 heteroatoms. The fraction of sp³-hybridized carbons (Fsp3) is 0.333. The molecule has 3 N–H and O–H groups in total. The highest BCUT2D eigenvalue weighted by Crippen LogP contribution is 2.11. The Morgan fingerprint density at radius 2 is 1.70 bits per heavy atom. The third-order valence-corrected chi connectivity index (χ3v) is 4.53. The molecule has 2 aromatic rings. The molecule has 0 spiro atoms. The van der Waals surface area contributed by atoms with Gasteiger partial charge in [-0.1, -0.05) is 29.8 Å². The van der Waals surface area contributed by atoms with Crippen LogP contribution in [0.2, 0.25) is 0 Å². The number of hydrogen-bond acceptors (Lipinski definition) is 3. The molecule has 1 unspecified atom stereocenters. The van der Waals surface area contributed by atoms with Gasteiger partial charge in [-0.2, -0.15) is 0 Å². The Morgan fingerprint density at radius 1 is 1.07 bits per heavy atom. The van der Waals surface area contributed by atoms with Crippen LogP contribution in [0, 0.1) is 6.92 Å². The van der Waals surface area contributed by atoms with Crippen LogP contribution < -0.4 is 20.3 Å². The van der Waals surface area contributed by atoms with Crippen LogP contribution in [0.5, 0.6) is 5.75 Å². The number of benzene rings is 2. The first-order chi connectivity index (χ1) is 12.9. The van der Waals surface area contributed by atoms with Gasteiger partial charge in [0.15, 0.2) is 12.6 Å². The van der Waals surface area contributed by atoms with Gasteiger partial charge in [0, 0.05) is 12.2 Å². The Labute approximate surface area is 160 Å². The number of quaternary nitrogens is 1.